The number of halogens is 3. The number of anilines is 1. The lowest BCUT2D eigenvalue weighted by Gasteiger charge is -2.33. The fraction of sp³-hybridized carbons (Fsp3) is 0.440. The molecule has 3 rings (SSSR count). The molecular weight excluding hydrogens is 545 g/mol. The molecule has 1 aliphatic rings. The standard InChI is InChI=1S/C25H30Cl3N3O4S/c1-17(25(33)29-21-8-4-3-5-9-21)30(15-18-11-12-20(27)14-23(18)28)24(32)16-31(36(2,34)35)22-10-6-7-19(26)13-22/h6-7,10-14,17,21H,3-5,8-9,15-16H2,1-2H3,(H,29,33)/t17-/m1/s1. The average Bonchev–Trinajstić information content (AvgIpc) is 2.81. The van der Waals surface area contributed by atoms with Crippen molar-refractivity contribution < 1.29 is 18.0 Å². The second-order valence-electron chi connectivity index (χ2n) is 9.03. The average molecular weight is 575 g/mol. The largest absolute Gasteiger partial charge is 0.352 e. The van der Waals surface area contributed by atoms with Gasteiger partial charge in [-0.3, -0.25) is 13.9 Å². The highest BCUT2D eigenvalue weighted by atomic mass is 35.5. The lowest BCUT2D eigenvalue weighted by atomic mass is 9.95. The van der Waals surface area contributed by atoms with Crippen LogP contribution in [0.1, 0.15) is 44.6 Å². The SMILES string of the molecule is C[C@H](C(=O)NC1CCCCC1)N(Cc1ccc(Cl)cc1Cl)C(=O)CN(c1cccc(Cl)c1)S(C)(=O)=O. The number of nitrogens with one attached hydrogen (secondary N) is 1. The normalized spacial score (nSPS) is 15.2. The molecule has 0 spiro atoms. The molecule has 1 fully saturated rings. The Bertz CT molecular complexity index is 1200. The van der Waals surface area contributed by atoms with E-state index in [4.69, 9.17) is 34.8 Å². The molecule has 2 aromatic carbocycles. The quantitative estimate of drug-likeness (QED) is 0.442. The second kappa shape index (κ2) is 12.5. The van der Waals surface area contributed by atoms with Crippen molar-refractivity contribution in [2.75, 3.05) is 17.1 Å². The van der Waals surface area contributed by atoms with Crippen molar-refractivity contribution in [2.45, 2.75) is 57.7 Å². The van der Waals surface area contributed by atoms with Crippen molar-refractivity contribution in [3.63, 3.8) is 0 Å². The van der Waals surface area contributed by atoms with Gasteiger partial charge in [-0.2, -0.15) is 0 Å². The van der Waals surface area contributed by atoms with Crippen LogP contribution < -0.4 is 9.62 Å². The number of sulfonamides is 1. The van der Waals surface area contributed by atoms with Crippen molar-refractivity contribution in [3.05, 3.63) is 63.1 Å². The van der Waals surface area contributed by atoms with Crippen LogP contribution in [0.15, 0.2) is 42.5 Å². The van der Waals surface area contributed by atoms with E-state index >= 15 is 0 Å². The van der Waals surface area contributed by atoms with Gasteiger partial charge in [-0.15, -0.1) is 0 Å². The smallest absolute Gasteiger partial charge is 0.244 e. The van der Waals surface area contributed by atoms with Crippen LogP contribution in [0, 0.1) is 0 Å². The van der Waals surface area contributed by atoms with Gasteiger partial charge in [0.2, 0.25) is 21.8 Å². The zero-order valence-corrected chi connectivity index (χ0v) is 23.3. The molecule has 0 aromatic heterocycles. The highest BCUT2D eigenvalue weighted by Gasteiger charge is 2.31. The minimum Gasteiger partial charge on any atom is -0.352 e. The van der Waals surface area contributed by atoms with Gasteiger partial charge >= 0.3 is 0 Å². The summed E-state index contributed by atoms with van der Waals surface area (Å²) in [5.74, 6) is -0.855. The molecule has 1 saturated carbocycles. The Balaban J connectivity index is 1.90. The minimum absolute atomic E-state index is 0.00123. The molecule has 0 aliphatic heterocycles. The zero-order valence-electron chi connectivity index (χ0n) is 20.2. The Hall–Kier alpha value is -2.00. The van der Waals surface area contributed by atoms with Crippen molar-refractivity contribution in [1.29, 1.82) is 0 Å². The van der Waals surface area contributed by atoms with E-state index in [9.17, 15) is 18.0 Å². The van der Waals surface area contributed by atoms with E-state index in [1.54, 1.807) is 43.3 Å². The first-order valence-corrected chi connectivity index (χ1v) is 14.7. The van der Waals surface area contributed by atoms with E-state index in [-0.39, 0.29) is 24.2 Å². The van der Waals surface area contributed by atoms with E-state index in [1.807, 2.05) is 0 Å². The lowest BCUT2D eigenvalue weighted by molar-refractivity contribution is -0.139. The molecule has 2 amide bonds. The first-order valence-electron chi connectivity index (χ1n) is 11.7. The number of carbonyl (C=O) groups is 2. The molecule has 0 saturated heterocycles. The molecule has 1 atom stereocenters. The van der Waals surface area contributed by atoms with Gasteiger partial charge < -0.3 is 10.2 Å². The maximum Gasteiger partial charge on any atom is 0.244 e. The number of amides is 2. The molecule has 0 unspecified atom stereocenters. The van der Waals surface area contributed by atoms with Gasteiger partial charge in [0.25, 0.3) is 0 Å². The summed E-state index contributed by atoms with van der Waals surface area (Å²) in [7, 11) is -3.84. The Morgan fingerprint density at radius 1 is 1.03 bits per heavy atom. The molecule has 0 radical (unpaired) electrons. The molecule has 0 heterocycles. The number of carbonyl (C=O) groups excluding carboxylic acids is 2. The number of hydrogen-bond acceptors (Lipinski definition) is 4. The Morgan fingerprint density at radius 2 is 1.69 bits per heavy atom. The van der Waals surface area contributed by atoms with Crippen LogP contribution >= 0.6 is 34.8 Å². The van der Waals surface area contributed by atoms with Gasteiger partial charge in [0, 0.05) is 27.7 Å². The van der Waals surface area contributed by atoms with Crippen molar-refractivity contribution >= 4 is 62.3 Å². The number of rotatable bonds is 9. The summed E-state index contributed by atoms with van der Waals surface area (Å²) < 4.78 is 26.2. The van der Waals surface area contributed by atoms with Crippen LogP contribution in [0.25, 0.3) is 0 Å². The van der Waals surface area contributed by atoms with Gasteiger partial charge in [-0.05, 0) is 55.7 Å². The minimum atomic E-state index is -3.84. The van der Waals surface area contributed by atoms with Crippen LogP contribution in [-0.4, -0.2) is 50.0 Å². The van der Waals surface area contributed by atoms with Gasteiger partial charge in [0.15, 0.2) is 0 Å². The fourth-order valence-corrected chi connectivity index (χ4v) is 5.72. The Labute approximate surface area is 227 Å². The maximum absolute atomic E-state index is 13.6. The first kappa shape index (κ1) is 28.6. The summed E-state index contributed by atoms with van der Waals surface area (Å²) in [5.41, 5.74) is 0.836. The number of hydrogen-bond donors (Lipinski definition) is 1. The molecule has 36 heavy (non-hydrogen) atoms. The van der Waals surface area contributed by atoms with Gasteiger partial charge in [0.1, 0.15) is 12.6 Å². The summed E-state index contributed by atoms with van der Waals surface area (Å²) in [4.78, 5) is 28.1. The fourth-order valence-electron chi connectivity index (χ4n) is 4.23. The summed E-state index contributed by atoms with van der Waals surface area (Å²) in [6, 6.07) is 10.3. The maximum atomic E-state index is 13.6. The van der Waals surface area contributed by atoms with Crippen molar-refractivity contribution in [1.82, 2.24) is 10.2 Å². The molecule has 11 heteroatoms. The van der Waals surface area contributed by atoms with E-state index in [0.29, 0.717) is 20.6 Å². The Kier molecular flexibility index (Phi) is 9.92. The monoisotopic (exact) mass is 573 g/mol. The highest BCUT2D eigenvalue weighted by molar-refractivity contribution is 7.92. The van der Waals surface area contributed by atoms with Crippen LogP contribution in [0.5, 0.6) is 0 Å². The first-order chi connectivity index (χ1) is 17.0. The molecule has 1 N–H and O–H groups in total. The van der Waals surface area contributed by atoms with Gasteiger partial charge in [0.05, 0.1) is 11.9 Å². The van der Waals surface area contributed by atoms with Crippen LogP contribution in [0.4, 0.5) is 5.69 Å². The third-order valence-electron chi connectivity index (χ3n) is 6.25. The summed E-state index contributed by atoms with van der Waals surface area (Å²) in [6.07, 6.45) is 6.04. The van der Waals surface area contributed by atoms with E-state index < -0.39 is 28.5 Å². The number of benzene rings is 2. The molecule has 196 valence electrons. The third kappa shape index (κ3) is 7.75. The highest BCUT2D eigenvalue weighted by Crippen LogP contribution is 2.25. The predicted molar refractivity (Wildman–Crippen MR) is 145 cm³/mol. The van der Waals surface area contributed by atoms with E-state index in [1.165, 1.54) is 11.0 Å². The molecular formula is C25H30Cl3N3O4S. The predicted octanol–water partition coefficient (Wildman–Crippen LogP) is 5.28. The Morgan fingerprint density at radius 3 is 2.31 bits per heavy atom. The second-order valence-corrected chi connectivity index (χ2v) is 12.2. The van der Waals surface area contributed by atoms with Crippen LogP contribution in [-0.2, 0) is 26.2 Å². The van der Waals surface area contributed by atoms with Crippen LogP contribution in [0.3, 0.4) is 0 Å². The third-order valence-corrected chi connectivity index (χ3v) is 8.21. The molecule has 2 aromatic rings. The number of nitrogens with zero attached hydrogens (tertiary/aromatic N) is 2. The topological polar surface area (TPSA) is 86.8 Å². The van der Waals surface area contributed by atoms with Gasteiger partial charge in [-0.1, -0.05) is 66.2 Å². The summed E-state index contributed by atoms with van der Waals surface area (Å²) in [5, 5.41) is 4.16. The zero-order chi connectivity index (χ0) is 26.5. The lowest BCUT2D eigenvalue weighted by Crippen LogP contribution is -2.53. The van der Waals surface area contributed by atoms with E-state index in [0.717, 1.165) is 42.7 Å². The van der Waals surface area contributed by atoms with Crippen molar-refractivity contribution in [2.24, 2.45) is 0 Å². The molecule has 1 aliphatic carbocycles. The van der Waals surface area contributed by atoms with Gasteiger partial charge in [-0.25, -0.2) is 8.42 Å². The summed E-state index contributed by atoms with van der Waals surface area (Å²) in [6.45, 7) is 1.12. The summed E-state index contributed by atoms with van der Waals surface area (Å²) >= 11 is 18.5. The van der Waals surface area contributed by atoms with E-state index in [2.05, 4.69) is 5.32 Å². The van der Waals surface area contributed by atoms with Crippen molar-refractivity contribution in [3.8, 4) is 0 Å². The van der Waals surface area contributed by atoms with Crippen LogP contribution in [0.2, 0.25) is 15.1 Å². The molecule has 7 nitrogen and oxygen atoms in total. The molecule has 0 bridgehead atoms.